The fourth-order valence-electron chi connectivity index (χ4n) is 2.53. The Balaban J connectivity index is 1.96. The van der Waals surface area contributed by atoms with Gasteiger partial charge in [0, 0.05) is 12.2 Å². The number of carbonyl (C=O) groups is 1. The van der Waals surface area contributed by atoms with Crippen LogP contribution in [0.3, 0.4) is 0 Å². The summed E-state index contributed by atoms with van der Waals surface area (Å²) in [5.74, 6) is 0.465. The van der Waals surface area contributed by atoms with Gasteiger partial charge < -0.3 is 10.1 Å². The molecule has 0 amide bonds. The Morgan fingerprint density at radius 3 is 2.37 bits per heavy atom. The number of benzene rings is 1. The summed E-state index contributed by atoms with van der Waals surface area (Å²) in [6.45, 7) is 5.03. The lowest BCUT2D eigenvalue weighted by molar-refractivity contribution is -0.157. The summed E-state index contributed by atoms with van der Waals surface area (Å²) in [4.78, 5) is 11.8. The monoisotopic (exact) mass is 261 g/mol. The maximum Gasteiger partial charge on any atom is 0.313 e. The highest BCUT2D eigenvalue weighted by Crippen LogP contribution is 2.42. The third-order valence-electron chi connectivity index (χ3n) is 4.14. The molecule has 0 spiro atoms. The highest BCUT2D eigenvalue weighted by Gasteiger charge is 2.45. The van der Waals surface area contributed by atoms with E-state index in [-0.39, 0.29) is 11.4 Å². The standard InChI is InChI=1S/C16H23NO2/c1-12(2)13-5-7-14(8-6-13)17-11-16(9-4-10-16)15(18)19-3/h5-8,12,17H,4,9-11H2,1-3H3. The normalized spacial score (nSPS) is 16.8. The molecular formula is C16H23NO2. The van der Waals surface area contributed by atoms with Crippen molar-refractivity contribution in [1.29, 1.82) is 0 Å². The second kappa shape index (κ2) is 5.64. The van der Waals surface area contributed by atoms with Gasteiger partial charge >= 0.3 is 5.97 Å². The molecule has 0 aliphatic heterocycles. The zero-order valence-electron chi connectivity index (χ0n) is 12.0. The van der Waals surface area contributed by atoms with E-state index in [1.54, 1.807) is 0 Å². The Morgan fingerprint density at radius 1 is 1.32 bits per heavy atom. The minimum absolute atomic E-state index is 0.0787. The number of ether oxygens (including phenoxy) is 1. The molecule has 0 unspecified atom stereocenters. The number of anilines is 1. The van der Waals surface area contributed by atoms with Crippen LogP contribution in [-0.4, -0.2) is 19.6 Å². The molecule has 1 aliphatic carbocycles. The molecule has 0 heterocycles. The second-order valence-corrected chi connectivity index (χ2v) is 5.76. The molecule has 0 atom stereocenters. The third kappa shape index (κ3) is 2.91. The van der Waals surface area contributed by atoms with Gasteiger partial charge in [-0.25, -0.2) is 0 Å². The fourth-order valence-corrected chi connectivity index (χ4v) is 2.53. The molecule has 1 fully saturated rings. The van der Waals surface area contributed by atoms with E-state index in [2.05, 4.69) is 43.4 Å². The summed E-state index contributed by atoms with van der Waals surface area (Å²) >= 11 is 0. The zero-order chi connectivity index (χ0) is 13.9. The SMILES string of the molecule is COC(=O)C1(CNc2ccc(C(C)C)cc2)CCC1. The molecular weight excluding hydrogens is 238 g/mol. The maximum absolute atomic E-state index is 11.8. The van der Waals surface area contributed by atoms with Crippen molar-refractivity contribution in [2.45, 2.75) is 39.0 Å². The summed E-state index contributed by atoms with van der Waals surface area (Å²) in [5.41, 5.74) is 2.10. The summed E-state index contributed by atoms with van der Waals surface area (Å²) in [6.07, 6.45) is 2.97. The lowest BCUT2D eigenvalue weighted by Crippen LogP contribution is -2.44. The molecule has 0 saturated heterocycles. The van der Waals surface area contributed by atoms with E-state index >= 15 is 0 Å². The van der Waals surface area contributed by atoms with Gasteiger partial charge in [-0.15, -0.1) is 0 Å². The maximum atomic E-state index is 11.8. The predicted molar refractivity (Wildman–Crippen MR) is 77.3 cm³/mol. The van der Waals surface area contributed by atoms with E-state index in [1.807, 2.05) is 0 Å². The number of esters is 1. The van der Waals surface area contributed by atoms with Gasteiger partial charge in [0.05, 0.1) is 12.5 Å². The van der Waals surface area contributed by atoms with Crippen molar-refractivity contribution in [3.8, 4) is 0 Å². The van der Waals surface area contributed by atoms with E-state index in [0.29, 0.717) is 12.5 Å². The molecule has 2 rings (SSSR count). The number of nitrogens with one attached hydrogen (secondary N) is 1. The van der Waals surface area contributed by atoms with E-state index < -0.39 is 0 Å². The minimum atomic E-state index is -0.300. The van der Waals surface area contributed by atoms with Crippen molar-refractivity contribution >= 4 is 11.7 Å². The number of rotatable bonds is 5. The van der Waals surface area contributed by atoms with E-state index in [1.165, 1.54) is 12.7 Å². The summed E-state index contributed by atoms with van der Waals surface area (Å²) in [6, 6.07) is 8.44. The fraction of sp³-hybridized carbons (Fsp3) is 0.562. The largest absolute Gasteiger partial charge is 0.469 e. The van der Waals surface area contributed by atoms with Gasteiger partial charge in [0.25, 0.3) is 0 Å². The van der Waals surface area contributed by atoms with Crippen LogP contribution in [0.1, 0.15) is 44.6 Å². The van der Waals surface area contributed by atoms with Crippen LogP contribution < -0.4 is 5.32 Å². The third-order valence-corrected chi connectivity index (χ3v) is 4.14. The molecule has 0 aromatic heterocycles. The van der Waals surface area contributed by atoms with Crippen LogP contribution in [0, 0.1) is 5.41 Å². The van der Waals surface area contributed by atoms with Crippen LogP contribution >= 0.6 is 0 Å². The highest BCUT2D eigenvalue weighted by atomic mass is 16.5. The van der Waals surface area contributed by atoms with Gasteiger partial charge in [-0.1, -0.05) is 32.4 Å². The Labute approximate surface area is 115 Å². The van der Waals surface area contributed by atoms with Crippen LogP contribution in [0.15, 0.2) is 24.3 Å². The first-order valence-corrected chi connectivity index (χ1v) is 7.00. The molecule has 1 N–H and O–H groups in total. The molecule has 1 aliphatic rings. The first kappa shape index (κ1) is 13.9. The first-order valence-electron chi connectivity index (χ1n) is 7.00. The van der Waals surface area contributed by atoms with Crippen molar-refractivity contribution in [2.24, 2.45) is 5.41 Å². The highest BCUT2D eigenvalue weighted by molar-refractivity contribution is 5.78. The molecule has 0 radical (unpaired) electrons. The van der Waals surface area contributed by atoms with Crippen LogP contribution in [0.2, 0.25) is 0 Å². The Morgan fingerprint density at radius 2 is 1.95 bits per heavy atom. The van der Waals surface area contributed by atoms with Crippen molar-refractivity contribution in [3.63, 3.8) is 0 Å². The average Bonchev–Trinajstić information content (AvgIpc) is 2.37. The molecule has 3 heteroatoms. The van der Waals surface area contributed by atoms with Crippen LogP contribution in [0.5, 0.6) is 0 Å². The van der Waals surface area contributed by atoms with Gasteiger partial charge in [-0.2, -0.15) is 0 Å². The van der Waals surface area contributed by atoms with Gasteiger partial charge in [-0.05, 0) is 36.5 Å². The molecule has 104 valence electrons. The minimum Gasteiger partial charge on any atom is -0.469 e. The smallest absolute Gasteiger partial charge is 0.313 e. The summed E-state index contributed by atoms with van der Waals surface area (Å²) in [5, 5.41) is 3.37. The van der Waals surface area contributed by atoms with Gasteiger partial charge in [0.2, 0.25) is 0 Å². The number of carbonyl (C=O) groups excluding carboxylic acids is 1. The van der Waals surface area contributed by atoms with Crippen LogP contribution in [-0.2, 0) is 9.53 Å². The van der Waals surface area contributed by atoms with Gasteiger partial charge in [-0.3, -0.25) is 4.79 Å². The van der Waals surface area contributed by atoms with E-state index in [0.717, 1.165) is 24.9 Å². The lowest BCUT2D eigenvalue weighted by atomic mass is 9.68. The summed E-state index contributed by atoms with van der Waals surface area (Å²) in [7, 11) is 1.47. The van der Waals surface area contributed by atoms with Crippen molar-refractivity contribution < 1.29 is 9.53 Å². The van der Waals surface area contributed by atoms with Crippen LogP contribution in [0.4, 0.5) is 5.69 Å². The van der Waals surface area contributed by atoms with E-state index in [4.69, 9.17) is 4.74 Å². The second-order valence-electron chi connectivity index (χ2n) is 5.76. The topological polar surface area (TPSA) is 38.3 Å². The van der Waals surface area contributed by atoms with Crippen molar-refractivity contribution in [3.05, 3.63) is 29.8 Å². The quantitative estimate of drug-likeness (QED) is 0.823. The molecule has 19 heavy (non-hydrogen) atoms. The predicted octanol–water partition coefficient (Wildman–Crippen LogP) is 3.57. The summed E-state index contributed by atoms with van der Waals surface area (Å²) < 4.78 is 4.92. The first-order chi connectivity index (χ1) is 9.07. The Hall–Kier alpha value is -1.51. The van der Waals surface area contributed by atoms with Gasteiger partial charge in [0.15, 0.2) is 0 Å². The van der Waals surface area contributed by atoms with E-state index in [9.17, 15) is 4.79 Å². The number of methoxy groups -OCH3 is 1. The zero-order valence-corrected chi connectivity index (χ0v) is 12.0. The number of hydrogen-bond donors (Lipinski definition) is 1. The molecule has 3 nitrogen and oxygen atoms in total. The molecule has 1 saturated carbocycles. The van der Waals surface area contributed by atoms with Crippen molar-refractivity contribution in [1.82, 2.24) is 0 Å². The Kier molecular flexibility index (Phi) is 4.13. The molecule has 1 aromatic rings. The lowest BCUT2D eigenvalue weighted by Gasteiger charge is -2.39. The van der Waals surface area contributed by atoms with Crippen LogP contribution in [0.25, 0.3) is 0 Å². The Bertz CT molecular complexity index is 433. The van der Waals surface area contributed by atoms with Gasteiger partial charge in [0.1, 0.15) is 0 Å². The average molecular weight is 261 g/mol. The molecule has 1 aromatic carbocycles. The van der Waals surface area contributed by atoms with Crippen molar-refractivity contribution in [2.75, 3.05) is 19.0 Å². The molecule has 0 bridgehead atoms. The number of hydrogen-bond acceptors (Lipinski definition) is 3.